The maximum Gasteiger partial charge on any atom is 0.416 e. The third kappa shape index (κ3) is 7.71. The van der Waals surface area contributed by atoms with Crippen LogP contribution in [-0.2, 0) is 22.7 Å². The van der Waals surface area contributed by atoms with Crippen molar-refractivity contribution in [1.29, 1.82) is 0 Å². The number of nitrogens with two attached hydrogens (primary N) is 2. The van der Waals surface area contributed by atoms with E-state index in [4.69, 9.17) is 22.5 Å². The average molecular weight is 519 g/mol. The predicted octanol–water partition coefficient (Wildman–Crippen LogP) is 4.63. The van der Waals surface area contributed by atoms with Crippen LogP contribution in [0.4, 0.5) is 13.2 Å². The molecule has 0 radical (unpaired) electrons. The molecule has 12 heteroatoms. The van der Waals surface area contributed by atoms with E-state index in [9.17, 15) is 26.4 Å². The smallest absolute Gasteiger partial charge is 0.366 e. The van der Waals surface area contributed by atoms with Crippen molar-refractivity contribution in [3.05, 3.63) is 63.9 Å². The maximum absolute atomic E-state index is 12.8. The van der Waals surface area contributed by atoms with Crippen LogP contribution in [0.15, 0.2) is 36.4 Å². The molecule has 1 heterocycles. The number of rotatable bonds is 7. The number of sulfonamides is 1. The number of primary sulfonamides is 1. The molecule has 186 valence electrons. The van der Waals surface area contributed by atoms with Gasteiger partial charge in [0.15, 0.2) is 0 Å². The van der Waals surface area contributed by atoms with Crippen molar-refractivity contribution in [3.63, 3.8) is 0 Å². The number of imidazole rings is 1. The van der Waals surface area contributed by atoms with Crippen LogP contribution < -0.4 is 10.9 Å². The number of aryl methyl sites for hydroxylation is 1. The van der Waals surface area contributed by atoms with Gasteiger partial charge in [-0.2, -0.15) is 13.2 Å². The van der Waals surface area contributed by atoms with E-state index < -0.39 is 27.7 Å². The SMILES string of the molecule is CCCCCS(N)(=O)=O.Cc1nc2ccc(C(N)=O)cc2n1Cc1ccc(C(F)(F)F)cc1Cl. The van der Waals surface area contributed by atoms with E-state index in [1.54, 1.807) is 29.7 Å². The highest BCUT2D eigenvalue weighted by Crippen LogP contribution is 2.32. The fourth-order valence-electron chi connectivity index (χ4n) is 3.17. The lowest BCUT2D eigenvalue weighted by molar-refractivity contribution is -0.137. The third-order valence-electron chi connectivity index (χ3n) is 4.96. The lowest BCUT2D eigenvalue weighted by atomic mass is 10.1. The number of nitrogens with zero attached hydrogens (tertiary/aromatic N) is 2. The molecule has 0 atom stereocenters. The first-order valence-corrected chi connectivity index (χ1v) is 12.4. The summed E-state index contributed by atoms with van der Waals surface area (Å²) >= 11 is 6.03. The van der Waals surface area contributed by atoms with Gasteiger partial charge in [0, 0.05) is 10.6 Å². The second-order valence-electron chi connectivity index (χ2n) is 7.69. The lowest BCUT2D eigenvalue weighted by Gasteiger charge is -2.12. The first-order chi connectivity index (χ1) is 15.7. The predicted molar refractivity (Wildman–Crippen MR) is 126 cm³/mol. The zero-order chi connectivity index (χ0) is 25.7. The summed E-state index contributed by atoms with van der Waals surface area (Å²) < 4.78 is 60.6. The molecule has 0 unspecified atom stereocenters. The molecule has 34 heavy (non-hydrogen) atoms. The van der Waals surface area contributed by atoms with Crippen molar-refractivity contribution < 1.29 is 26.4 Å². The molecule has 0 spiro atoms. The number of benzene rings is 2. The zero-order valence-electron chi connectivity index (χ0n) is 18.7. The summed E-state index contributed by atoms with van der Waals surface area (Å²) in [6.07, 6.45) is -1.79. The van der Waals surface area contributed by atoms with Gasteiger partial charge in [-0.05, 0) is 49.2 Å². The third-order valence-corrected chi connectivity index (χ3v) is 6.17. The molecule has 0 fully saturated rings. The van der Waals surface area contributed by atoms with Crippen molar-refractivity contribution in [3.8, 4) is 0 Å². The number of primary amides is 1. The lowest BCUT2D eigenvalue weighted by Crippen LogP contribution is -2.16. The Kier molecular flexibility index (Phi) is 9.09. The van der Waals surface area contributed by atoms with E-state index in [2.05, 4.69) is 4.98 Å². The quantitative estimate of drug-likeness (QED) is 0.443. The molecule has 7 nitrogen and oxygen atoms in total. The van der Waals surface area contributed by atoms with Crippen LogP contribution in [0.5, 0.6) is 0 Å². The topological polar surface area (TPSA) is 121 Å². The Balaban J connectivity index is 0.000000387. The minimum absolute atomic E-state index is 0.0159. The summed E-state index contributed by atoms with van der Waals surface area (Å²) in [5, 5.41) is 4.76. The Bertz CT molecular complexity index is 1270. The summed E-state index contributed by atoms with van der Waals surface area (Å²) in [7, 11) is -3.20. The van der Waals surface area contributed by atoms with Crippen LogP contribution >= 0.6 is 11.6 Å². The fourth-order valence-corrected chi connectivity index (χ4v) is 4.02. The molecule has 0 aliphatic carbocycles. The van der Waals surface area contributed by atoms with Crippen molar-refractivity contribution in [2.24, 2.45) is 10.9 Å². The van der Waals surface area contributed by atoms with E-state index >= 15 is 0 Å². The monoisotopic (exact) mass is 518 g/mol. The van der Waals surface area contributed by atoms with Crippen molar-refractivity contribution in [2.45, 2.75) is 45.8 Å². The number of hydrogen-bond donors (Lipinski definition) is 2. The zero-order valence-corrected chi connectivity index (χ0v) is 20.3. The largest absolute Gasteiger partial charge is 0.416 e. The van der Waals surface area contributed by atoms with Gasteiger partial charge < -0.3 is 10.3 Å². The van der Waals surface area contributed by atoms with Gasteiger partial charge >= 0.3 is 6.18 Å². The van der Waals surface area contributed by atoms with Crippen LogP contribution in [-0.4, -0.2) is 29.6 Å². The fraction of sp³-hybridized carbons (Fsp3) is 0.364. The molecule has 3 aromatic rings. The van der Waals surface area contributed by atoms with Crippen molar-refractivity contribution in [1.82, 2.24) is 9.55 Å². The van der Waals surface area contributed by atoms with E-state index in [1.165, 1.54) is 6.07 Å². The minimum Gasteiger partial charge on any atom is -0.366 e. The molecule has 0 bridgehead atoms. The number of alkyl halides is 3. The number of carbonyl (C=O) groups excluding carboxylic acids is 1. The maximum atomic E-state index is 12.8. The Morgan fingerprint density at radius 2 is 1.82 bits per heavy atom. The number of halogens is 4. The van der Waals surface area contributed by atoms with Crippen molar-refractivity contribution >= 4 is 38.6 Å². The minimum atomic E-state index is -4.45. The molecule has 0 saturated heterocycles. The first-order valence-electron chi connectivity index (χ1n) is 10.4. The van der Waals surface area contributed by atoms with Crippen LogP contribution in [0.2, 0.25) is 5.02 Å². The van der Waals surface area contributed by atoms with Gasteiger partial charge in [-0.3, -0.25) is 4.79 Å². The highest BCUT2D eigenvalue weighted by Gasteiger charge is 2.30. The molecular formula is C22H26ClF3N4O3S. The number of fused-ring (bicyclic) bond motifs is 1. The summed E-state index contributed by atoms with van der Waals surface area (Å²) in [6, 6.07) is 8.09. The molecule has 3 rings (SSSR count). The molecule has 4 N–H and O–H groups in total. The summed E-state index contributed by atoms with van der Waals surface area (Å²) in [5.74, 6) is 0.202. The van der Waals surface area contributed by atoms with E-state index in [0.717, 1.165) is 25.0 Å². The van der Waals surface area contributed by atoms with E-state index in [1.807, 2.05) is 6.92 Å². The van der Waals surface area contributed by atoms with Gasteiger partial charge in [-0.1, -0.05) is 37.4 Å². The van der Waals surface area contributed by atoms with Gasteiger partial charge in [0.2, 0.25) is 15.9 Å². The highest BCUT2D eigenvalue weighted by molar-refractivity contribution is 7.89. The van der Waals surface area contributed by atoms with Gasteiger partial charge in [-0.15, -0.1) is 0 Å². The van der Waals surface area contributed by atoms with E-state index in [-0.39, 0.29) is 17.3 Å². The number of hydrogen-bond acceptors (Lipinski definition) is 4. The van der Waals surface area contributed by atoms with E-state index in [0.29, 0.717) is 34.4 Å². The Hall–Kier alpha value is -2.63. The number of unbranched alkanes of at least 4 members (excludes halogenated alkanes) is 2. The van der Waals surface area contributed by atoms with Crippen LogP contribution in [0.25, 0.3) is 11.0 Å². The first kappa shape index (κ1) is 27.6. The number of amides is 1. The van der Waals surface area contributed by atoms with Gasteiger partial charge in [0.1, 0.15) is 5.82 Å². The number of carbonyl (C=O) groups is 1. The Morgan fingerprint density at radius 3 is 2.35 bits per heavy atom. The van der Waals surface area contributed by atoms with Gasteiger partial charge in [0.05, 0.1) is 28.9 Å². The molecule has 0 aliphatic heterocycles. The highest BCUT2D eigenvalue weighted by atomic mass is 35.5. The average Bonchev–Trinajstić information content (AvgIpc) is 3.03. The van der Waals surface area contributed by atoms with Gasteiger partial charge in [0.25, 0.3) is 0 Å². The van der Waals surface area contributed by atoms with Crippen LogP contribution in [0.3, 0.4) is 0 Å². The molecular weight excluding hydrogens is 493 g/mol. The molecule has 2 aromatic carbocycles. The van der Waals surface area contributed by atoms with Crippen LogP contribution in [0, 0.1) is 6.92 Å². The second-order valence-corrected chi connectivity index (χ2v) is 9.83. The Labute approximate surface area is 201 Å². The van der Waals surface area contributed by atoms with Crippen LogP contribution in [0.1, 0.15) is 53.5 Å². The van der Waals surface area contributed by atoms with Crippen molar-refractivity contribution in [2.75, 3.05) is 5.75 Å². The van der Waals surface area contributed by atoms with Gasteiger partial charge in [-0.25, -0.2) is 18.5 Å². The molecule has 1 aromatic heterocycles. The standard InChI is InChI=1S/C17H13ClF3N3O.C5H13NO2S/c1-9-23-14-5-3-10(16(22)25)6-15(14)24(9)8-11-2-4-12(7-13(11)18)17(19,20)21;1-2-3-4-5-9(6,7)8/h2-7H,8H2,1H3,(H2,22,25);2-5H2,1H3,(H2,6,7,8). The second kappa shape index (κ2) is 11.2. The summed E-state index contributed by atoms with van der Waals surface area (Å²) in [6.45, 7) is 4.01. The number of aromatic nitrogens is 2. The Morgan fingerprint density at radius 1 is 1.15 bits per heavy atom. The normalized spacial score (nSPS) is 11.9. The molecule has 0 aliphatic rings. The molecule has 0 saturated carbocycles. The summed E-state index contributed by atoms with van der Waals surface area (Å²) in [4.78, 5) is 15.8. The molecule has 1 amide bonds. The summed E-state index contributed by atoms with van der Waals surface area (Å²) in [5.41, 5.74) is 6.65.